The van der Waals surface area contributed by atoms with E-state index in [1.165, 1.54) is 0 Å². The van der Waals surface area contributed by atoms with Gasteiger partial charge in [-0.1, -0.05) is 36.8 Å². The molecule has 2 nitrogen and oxygen atoms in total. The maximum atomic E-state index is 11.6. The van der Waals surface area contributed by atoms with Crippen LogP contribution in [0.1, 0.15) is 37.4 Å². The normalized spacial score (nSPS) is 23.8. The predicted octanol–water partition coefficient (Wildman–Crippen LogP) is 2.48. The number of aliphatic hydroxyl groups is 1. The third kappa shape index (κ3) is 2.26. The molecule has 1 aliphatic rings. The van der Waals surface area contributed by atoms with E-state index in [-0.39, 0.29) is 11.7 Å². The quantitative estimate of drug-likeness (QED) is 0.803. The van der Waals surface area contributed by atoms with E-state index in [1.807, 2.05) is 30.3 Å². The Morgan fingerprint density at radius 3 is 2.60 bits per heavy atom. The number of hydrogen-bond acceptors (Lipinski definition) is 2. The van der Waals surface area contributed by atoms with Gasteiger partial charge >= 0.3 is 0 Å². The van der Waals surface area contributed by atoms with Gasteiger partial charge in [0.1, 0.15) is 5.78 Å². The highest BCUT2D eigenvalue weighted by atomic mass is 16.3. The van der Waals surface area contributed by atoms with Gasteiger partial charge in [-0.25, -0.2) is 0 Å². The van der Waals surface area contributed by atoms with E-state index in [9.17, 15) is 9.90 Å². The number of carbonyl (C=O) groups is 1. The summed E-state index contributed by atoms with van der Waals surface area (Å²) in [5.41, 5.74) is 0.859. The topological polar surface area (TPSA) is 37.3 Å². The third-order valence-electron chi connectivity index (χ3n) is 3.12. The minimum absolute atomic E-state index is 0.179. The summed E-state index contributed by atoms with van der Waals surface area (Å²) >= 11 is 0. The van der Waals surface area contributed by atoms with Crippen molar-refractivity contribution in [3.05, 3.63) is 35.9 Å². The number of rotatable bonds is 2. The van der Waals surface area contributed by atoms with Crippen molar-refractivity contribution < 1.29 is 9.90 Å². The molecule has 1 unspecified atom stereocenters. The molecular weight excluding hydrogens is 188 g/mol. The zero-order valence-corrected chi connectivity index (χ0v) is 8.73. The highest BCUT2D eigenvalue weighted by molar-refractivity contribution is 5.82. The number of carbonyl (C=O) groups excluding carboxylic acids is 1. The molecule has 1 N–H and O–H groups in total. The first-order chi connectivity index (χ1) is 7.29. The molecule has 0 bridgehead atoms. The smallest absolute Gasteiger partial charge is 0.138 e. The lowest BCUT2D eigenvalue weighted by atomic mass is 9.82. The second-order valence-corrected chi connectivity index (χ2v) is 4.17. The molecule has 2 rings (SSSR count). The van der Waals surface area contributed by atoms with Gasteiger partial charge in [0.05, 0.1) is 6.10 Å². The van der Waals surface area contributed by atoms with E-state index in [0.717, 1.165) is 24.8 Å². The van der Waals surface area contributed by atoms with Crippen molar-refractivity contribution in [2.75, 3.05) is 0 Å². The first kappa shape index (κ1) is 10.4. The lowest BCUT2D eigenvalue weighted by Crippen LogP contribution is -2.25. The van der Waals surface area contributed by atoms with E-state index in [0.29, 0.717) is 6.42 Å². The summed E-state index contributed by atoms with van der Waals surface area (Å²) in [5, 5.41) is 10.1. The number of benzene rings is 1. The van der Waals surface area contributed by atoms with Gasteiger partial charge in [-0.3, -0.25) is 4.79 Å². The van der Waals surface area contributed by atoms with Crippen LogP contribution in [0, 0.1) is 5.92 Å². The lowest BCUT2D eigenvalue weighted by molar-refractivity contribution is -0.128. The summed E-state index contributed by atoms with van der Waals surface area (Å²) in [6, 6.07) is 9.47. The van der Waals surface area contributed by atoms with E-state index >= 15 is 0 Å². The first-order valence-corrected chi connectivity index (χ1v) is 5.55. The summed E-state index contributed by atoms with van der Waals surface area (Å²) in [6.45, 7) is 0. The number of aliphatic hydroxyl groups excluding tert-OH is 1. The van der Waals surface area contributed by atoms with Crippen LogP contribution in [-0.2, 0) is 4.79 Å². The van der Waals surface area contributed by atoms with Crippen LogP contribution < -0.4 is 0 Å². The Hall–Kier alpha value is -1.15. The Bertz CT molecular complexity index is 332. The fourth-order valence-corrected chi connectivity index (χ4v) is 2.23. The monoisotopic (exact) mass is 204 g/mol. The zero-order chi connectivity index (χ0) is 10.7. The first-order valence-electron chi connectivity index (χ1n) is 5.55. The molecule has 0 amide bonds. The van der Waals surface area contributed by atoms with E-state index < -0.39 is 6.10 Å². The zero-order valence-electron chi connectivity index (χ0n) is 8.73. The lowest BCUT2D eigenvalue weighted by Gasteiger charge is -2.25. The van der Waals surface area contributed by atoms with Gasteiger partial charge in [-0.05, 0) is 18.4 Å². The Kier molecular flexibility index (Phi) is 3.17. The second kappa shape index (κ2) is 4.58. The molecule has 0 aliphatic heterocycles. The molecule has 15 heavy (non-hydrogen) atoms. The summed E-state index contributed by atoms with van der Waals surface area (Å²) in [7, 11) is 0. The van der Waals surface area contributed by atoms with E-state index in [2.05, 4.69) is 0 Å². The van der Waals surface area contributed by atoms with Crippen LogP contribution in [0.3, 0.4) is 0 Å². The maximum Gasteiger partial charge on any atom is 0.138 e. The van der Waals surface area contributed by atoms with Crippen molar-refractivity contribution in [1.82, 2.24) is 0 Å². The minimum Gasteiger partial charge on any atom is -0.388 e. The van der Waals surface area contributed by atoms with Gasteiger partial charge in [-0.2, -0.15) is 0 Å². The molecule has 0 aromatic heterocycles. The van der Waals surface area contributed by atoms with Crippen molar-refractivity contribution in [3.8, 4) is 0 Å². The summed E-state index contributed by atoms with van der Waals surface area (Å²) in [6.07, 6.45) is 2.89. The average Bonchev–Trinajstić information content (AvgIpc) is 2.30. The molecule has 0 heterocycles. The van der Waals surface area contributed by atoms with E-state index in [4.69, 9.17) is 0 Å². The third-order valence-corrected chi connectivity index (χ3v) is 3.12. The van der Waals surface area contributed by atoms with Crippen LogP contribution in [0.15, 0.2) is 30.3 Å². The number of Topliss-reactive ketones (excluding diaryl/α,β-unsaturated/α-hetero) is 1. The molecule has 2 atom stereocenters. The van der Waals surface area contributed by atoms with Gasteiger partial charge in [0.25, 0.3) is 0 Å². The molecule has 0 saturated heterocycles. The molecule has 2 heteroatoms. The van der Waals surface area contributed by atoms with Crippen molar-refractivity contribution in [1.29, 1.82) is 0 Å². The van der Waals surface area contributed by atoms with Crippen LogP contribution in [0.4, 0.5) is 0 Å². The fourth-order valence-electron chi connectivity index (χ4n) is 2.23. The molecule has 80 valence electrons. The van der Waals surface area contributed by atoms with Crippen LogP contribution in [-0.4, -0.2) is 10.9 Å². The average molecular weight is 204 g/mol. The summed E-state index contributed by atoms with van der Waals surface area (Å²) in [5.74, 6) is 0.0405. The predicted molar refractivity (Wildman–Crippen MR) is 58.4 cm³/mol. The standard InChI is InChI=1S/C13H16O2/c14-12-9-5-4-8-11(12)13(15)10-6-2-1-3-7-10/h1-3,6-7,11,13,15H,4-5,8-9H2/t11-,13?/m0/s1. The molecule has 0 radical (unpaired) electrons. The van der Waals surface area contributed by atoms with Gasteiger partial charge in [0, 0.05) is 12.3 Å². The Labute approximate surface area is 89.9 Å². The number of hydrogen-bond donors (Lipinski definition) is 1. The summed E-state index contributed by atoms with van der Waals surface area (Å²) in [4.78, 5) is 11.6. The molecule has 1 aromatic carbocycles. The van der Waals surface area contributed by atoms with E-state index in [1.54, 1.807) is 0 Å². The molecule has 0 spiro atoms. The van der Waals surface area contributed by atoms with Crippen molar-refractivity contribution in [3.63, 3.8) is 0 Å². The Morgan fingerprint density at radius 1 is 1.20 bits per heavy atom. The Balaban J connectivity index is 2.13. The van der Waals surface area contributed by atoms with Gasteiger partial charge in [0.15, 0.2) is 0 Å². The number of ketones is 1. The largest absolute Gasteiger partial charge is 0.388 e. The highest BCUT2D eigenvalue weighted by Gasteiger charge is 2.29. The second-order valence-electron chi connectivity index (χ2n) is 4.17. The maximum absolute atomic E-state index is 11.6. The SMILES string of the molecule is O=C1CCCC[C@@H]1C(O)c1ccccc1. The van der Waals surface area contributed by atoms with Crippen LogP contribution in [0.2, 0.25) is 0 Å². The van der Waals surface area contributed by atoms with Crippen molar-refractivity contribution in [2.24, 2.45) is 5.92 Å². The molecule has 1 saturated carbocycles. The fraction of sp³-hybridized carbons (Fsp3) is 0.462. The van der Waals surface area contributed by atoms with Crippen LogP contribution in [0.25, 0.3) is 0 Å². The molecular formula is C13H16O2. The van der Waals surface area contributed by atoms with Crippen LogP contribution in [0.5, 0.6) is 0 Å². The van der Waals surface area contributed by atoms with Gasteiger partial charge in [0.2, 0.25) is 0 Å². The molecule has 1 aliphatic carbocycles. The van der Waals surface area contributed by atoms with Crippen LogP contribution >= 0.6 is 0 Å². The van der Waals surface area contributed by atoms with Crippen molar-refractivity contribution >= 4 is 5.78 Å². The minimum atomic E-state index is -0.612. The summed E-state index contributed by atoms with van der Waals surface area (Å²) < 4.78 is 0. The molecule has 1 fully saturated rings. The Morgan fingerprint density at radius 2 is 1.93 bits per heavy atom. The van der Waals surface area contributed by atoms with Gasteiger partial charge in [-0.15, -0.1) is 0 Å². The molecule has 1 aromatic rings. The highest BCUT2D eigenvalue weighted by Crippen LogP contribution is 2.31. The van der Waals surface area contributed by atoms with Gasteiger partial charge < -0.3 is 5.11 Å². The van der Waals surface area contributed by atoms with Crippen molar-refractivity contribution in [2.45, 2.75) is 31.8 Å².